The van der Waals surface area contributed by atoms with Gasteiger partial charge in [-0.2, -0.15) is 0 Å². The Bertz CT molecular complexity index is 485. The number of hydrogen-bond acceptors (Lipinski definition) is 7. The van der Waals surface area contributed by atoms with E-state index in [9.17, 15) is 0 Å². The number of rotatable bonds is 26. The predicted octanol–water partition coefficient (Wildman–Crippen LogP) is 7.46. The van der Waals surface area contributed by atoms with Crippen molar-refractivity contribution in [2.24, 2.45) is 0 Å². The van der Waals surface area contributed by atoms with Gasteiger partial charge in [0.05, 0.1) is 26.4 Å². The summed E-state index contributed by atoms with van der Waals surface area (Å²) in [6, 6.07) is 0. The second-order valence-corrected chi connectivity index (χ2v) is 8.18. The van der Waals surface area contributed by atoms with Crippen LogP contribution in [0.4, 0.5) is 0 Å². The summed E-state index contributed by atoms with van der Waals surface area (Å²) in [4.78, 5) is 0. The number of allylic oxidation sites excluding steroid dienone is 2. The summed E-state index contributed by atoms with van der Waals surface area (Å²) < 4.78 is 40.2. The van der Waals surface area contributed by atoms with Crippen LogP contribution in [0.5, 0.6) is 0 Å². The molecule has 0 spiro atoms. The molecule has 0 heterocycles. The van der Waals surface area contributed by atoms with Crippen LogP contribution >= 0.6 is 0 Å². The second-order valence-electron chi connectivity index (χ2n) is 8.18. The second kappa shape index (κ2) is 25.6. The summed E-state index contributed by atoms with van der Waals surface area (Å²) in [5, 5.41) is 0. The van der Waals surface area contributed by atoms with E-state index in [-0.39, 0.29) is 13.6 Å². The predicted molar refractivity (Wildman–Crippen MR) is 141 cm³/mol. The molecule has 0 aliphatic heterocycles. The lowest BCUT2D eigenvalue weighted by Gasteiger charge is -2.17. The zero-order valence-corrected chi connectivity index (χ0v) is 23.6. The van der Waals surface area contributed by atoms with Gasteiger partial charge in [0.15, 0.2) is 11.5 Å². The summed E-state index contributed by atoms with van der Waals surface area (Å²) >= 11 is 0. The molecule has 0 unspecified atom stereocenters. The number of ether oxygens (including phenoxy) is 7. The summed E-state index contributed by atoms with van der Waals surface area (Å²) in [5.41, 5.74) is 0. The Morgan fingerprint density at radius 1 is 0.400 bits per heavy atom. The molecule has 0 saturated carbocycles. The van der Waals surface area contributed by atoms with Crippen molar-refractivity contribution in [2.45, 2.75) is 106 Å². The van der Waals surface area contributed by atoms with Crippen molar-refractivity contribution < 1.29 is 33.2 Å². The fourth-order valence-corrected chi connectivity index (χ4v) is 3.53. The van der Waals surface area contributed by atoms with Crippen molar-refractivity contribution in [1.82, 2.24) is 0 Å². The Morgan fingerprint density at radius 2 is 0.771 bits per heavy atom. The first-order valence-corrected chi connectivity index (χ1v) is 13.9. The van der Waals surface area contributed by atoms with E-state index in [4.69, 9.17) is 33.2 Å². The summed E-state index contributed by atoms with van der Waals surface area (Å²) in [6.45, 7) is 15.5. The number of hydrogen-bond donors (Lipinski definition) is 0. The maximum Gasteiger partial charge on any atom is 0.159 e. The van der Waals surface area contributed by atoms with Crippen LogP contribution < -0.4 is 0 Å². The lowest BCUT2D eigenvalue weighted by molar-refractivity contribution is -0.131. The van der Waals surface area contributed by atoms with Crippen LogP contribution in [-0.4, -0.2) is 53.2 Å². The van der Waals surface area contributed by atoms with Crippen LogP contribution in [0.1, 0.15) is 106 Å². The van der Waals surface area contributed by atoms with E-state index in [0.29, 0.717) is 39.6 Å². The van der Waals surface area contributed by atoms with Crippen LogP contribution in [0.2, 0.25) is 0 Å². The highest BCUT2D eigenvalue weighted by atomic mass is 16.7. The van der Waals surface area contributed by atoms with Gasteiger partial charge in [-0.3, -0.25) is 0 Å². The average molecular weight is 503 g/mol. The average Bonchev–Trinajstić information content (AvgIpc) is 2.86. The van der Waals surface area contributed by atoms with Crippen molar-refractivity contribution in [3.63, 3.8) is 0 Å². The van der Waals surface area contributed by atoms with Gasteiger partial charge >= 0.3 is 0 Å². The Hall–Kier alpha value is -1.44. The van der Waals surface area contributed by atoms with E-state index in [2.05, 4.69) is 13.8 Å². The highest BCUT2D eigenvalue weighted by Crippen LogP contribution is 2.19. The Kier molecular flexibility index (Phi) is 24.6. The number of unbranched alkanes of at least 4 members (excludes halogenated alkanes) is 6. The van der Waals surface area contributed by atoms with E-state index >= 15 is 0 Å². The third-order valence-corrected chi connectivity index (χ3v) is 5.21. The zero-order valence-electron chi connectivity index (χ0n) is 23.6. The Morgan fingerprint density at radius 3 is 1.11 bits per heavy atom. The minimum atomic E-state index is 0.106. The third kappa shape index (κ3) is 18.5. The van der Waals surface area contributed by atoms with E-state index in [1.807, 2.05) is 27.7 Å². The summed E-state index contributed by atoms with van der Waals surface area (Å²) in [7, 11) is 0. The van der Waals surface area contributed by atoms with Gasteiger partial charge in [0, 0.05) is 12.8 Å². The molecule has 0 aliphatic carbocycles. The van der Waals surface area contributed by atoms with Gasteiger partial charge in [-0.1, -0.05) is 52.4 Å². The van der Waals surface area contributed by atoms with Gasteiger partial charge in [0.2, 0.25) is 0 Å². The minimum absolute atomic E-state index is 0.106. The molecule has 0 aliphatic rings. The van der Waals surface area contributed by atoms with Crippen molar-refractivity contribution >= 4 is 0 Å². The minimum Gasteiger partial charge on any atom is -0.495 e. The van der Waals surface area contributed by atoms with E-state index in [1.165, 1.54) is 38.5 Å². The Labute approximate surface area is 215 Å². The smallest absolute Gasteiger partial charge is 0.159 e. The van der Waals surface area contributed by atoms with Gasteiger partial charge in [-0.15, -0.1) is 0 Å². The molecule has 0 rings (SSSR count). The quantitative estimate of drug-likeness (QED) is 0.0691. The Balaban J connectivity index is 4.58. The van der Waals surface area contributed by atoms with E-state index in [1.54, 1.807) is 0 Å². The molecule has 0 N–H and O–H groups in total. The zero-order chi connectivity index (χ0) is 26.0. The van der Waals surface area contributed by atoms with E-state index in [0.717, 1.165) is 48.7 Å². The molecule has 0 aromatic carbocycles. The molecule has 35 heavy (non-hydrogen) atoms. The monoisotopic (exact) mass is 502 g/mol. The first-order chi connectivity index (χ1) is 17.2. The van der Waals surface area contributed by atoms with Gasteiger partial charge in [0.25, 0.3) is 0 Å². The van der Waals surface area contributed by atoms with Crippen LogP contribution in [0, 0.1) is 0 Å². The topological polar surface area (TPSA) is 64.6 Å². The van der Waals surface area contributed by atoms with Crippen molar-refractivity contribution in [3.05, 3.63) is 23.0 Å². The van der Waals surface area contributed by atoms with Crippen LogP contribution in [-0.2, 0) is 33.2 Å². The molecule has 208 valence electrons. The lowest BCUT2D eigenvalue weighted by Crippen LogP contribution is -2.13. The molecule has 7 heteroatoms. The molecular formula is C28H54O7. The molecule has 0 fully saturated rings. The molecule has 0 aromatic rings. The van der Waals surface area contributed by atoms with Crippen LogP contribution in [0.3, 0.4) is 0 Å². The van der Waals surface area contributed by atoms with Gasteiger partial charge in [0.1, 0.15) is 38.3 Å². The maximum absolute atomic E-state index is 5.84. The normalized spacial score (nSPS) is 12.7. The first kappa shape index (κ1) is 33.6. The molecule has 0 bridgehead atoms. The first-order valence-electron chi connectivity index (χ1n) is 13.9. The molecule has 0 amide bonds. The van der Waals surface area contributed by atoms with Crippen molar-refractivity contribution in [1.29, 1.82) is 0 Å². The summed E-state index contributed by atoms with van der Waals surface area (Å²) in [5.74, 6) is 3.27. The highest BCUT2D eigenvalue weighted by Gasteiger charge is 2.12. The maximum atomic E-state index is 5.84. The third-order valence-electron chi connectivity index (χ3n) is 5.21. The van der Waals surface area contributed by atoms with Crippen LogP contribution in [0.25, 0.3) is 0 Å². The van der Waals surface area contributed by atoms with Crippen LogP contribution in [0.15, 0.2) is 23.0 Å². The largest absolute Gasteiger partial charge is 0.495 e. The van der Waals surface area contributed by atoms with Gasteiger partial charge in [-0.25, -0.2) is 0 Å². The molecule has 0 aromatic heterocycles. The SMILES string of the molecule is CCCCCCC(OCC)=C(COCOCOCC(OCC)=C(CCCCCC)OCC)OCC. The fourth-order valence-electron chi connectivity index (χ4n) is 3.53. The highest BCUT2D eigenvalue weighted by molar-refractivity contribution is 5.03. The van der Waals surface area contributed by atoms with Gasteiger partial charge in [-0.05, 0) is 40.5 Å². The molecule has 7 nitrogen and oxygen atoms in total. The van der Waals surface area contributed by atoms with E-state index < -0.39 is 0 Å². The fraction of sp³-hybridized carbons (Fsp3) is 0.857. The summed E-state index contributed by atoms with van der Waals surface area (Å²) in [6.07, 6.45) is 11.2. The molecule has 0 atom stereocenters. The lowest BCUT2D eigenvalue weighted by atomic mass is 10.1. The molecule has 0 radical (unpaired) electrons. The van der Waals surface area contributed by atoms with Gasteiger partial charge < -0.3 is 33.2 Å². The molecular weight excluding hydrogens is 448 g/mol. The van der Waals surface area contributed by atoms with Crippen molar-refractivity contribution in [2.75, 3.05) is 53.2 Å². The molecule has 0 saturated heterocycles. The van der Waals surface area contributed by atoms with Crippen molar-refractivity contribution in [3.8, 4) is 0 Å². The standard InChI is InChI=1S/C28H54O7/c1-7-13-15-17-19-25(32-9-3)27(34-11-5)21-29-23-31-24-30-22-28(35-12-6)26(33-10-4)20-18-16-14-8-2/h7-24H2,1-6H3.